The second kappa shape index (κ2) is 7.03. The van der Waals surface area contributed by atoms with Gasteiger partial charge in [-0.1, -0.05) is 30.3 Å². The molecular weight excluding hydrogens is 316 g/mol. The molecule has 0 spiro atoms. The Hall–Kier alpha value is -2.73. The molecule has 6 heteroatoms. The van der Waals surface area contributed by atoms with E-state index in [1.165, 1.54) is 0 Å². The van der Waals surface area contributed by atoms with Gasteiger partial charge in [0.1, 0.15) is 0 Å². The summed E-state index contributed by atoms with van der Waals surface area (Å²) in [6, 6.07) is 11.5. The second-order valence-corrected chi connectivity index (χ2v) is 6.27. The maximum atomic E-state index is 12.6. The molecule has 0 aliphatic carbocycles. The van der Waals surface area contributed by atoms with Crippen molar-refractivity contribution in [1.82, 2.24) is 20.1 Å². The third kappa shape index (κ3) is 3.69. The molecule has 1 amide bonds. The van der Waals surface area contributed by atoms with Gasteiger partial charge in [-0.25, -0.2) is 4.98 Å². The Bertz CT molecular complexity index is 903. The number of benzene rings is 1. The van der Waals surface area contributed by atoms with Crippen molar-refractivity contribution in [2.24, 2.45) is 7.05 Å². The number of pyridine rings is 1. The van der Waals surface area contributed by atoms with Gasteiger partial charge < -0.3 is 10.4 Å². The minimum Gasteiger partial charge on any atom is -0.391 e. The first-order valence-electron chi connectivity index (χ1n) is 8.27. The van der Waals surface area contributed by atoms with Crippen molar-refractivity contribution in [2.45, 2.75) is 26.4 Å². The smallest absolute Gasteiger partial charge is 0.252 e. The highest BCUT2D eigenvalue weighted by molar-refractivity contribution is 6.06. The van der Waals surface area contributed by atoms with Gasteiger partial charge in [-0.15, -0.1) is 0 Å². The lowest BCUT2D eigenvalue weighted by Gasteiger charge is -2.13. The summed E-state index contributed by atoms with van der Waals surface area (Å²) in [7, 11) is 1.81. The van der Waals surface area contributed by atoms with E-state index in [0.29, 0.717) is 17.6 Å². The molecule has 130 valence electrons. The zero-order valence-corrected chi connectivity index (χ0v) is 14.7. The Morgan fingerprint density at radius 3 is 2.72 bits per heavy atom. The van der Waals surface area contributed by atoms with Gasteiger partial charge in [-0.05, 0) is 25.5 Å². The first-order valence-corrected chi connectivity index (χ1v) is 8.27. The summed E-state index contributed by atoms with van der Waals surface area (Å²) in [6.45, 7) is 3.90. The van der Waals surface area contributed by atoms with Crippen LogP contribution in [0.25, 0.3) is 11.0 Å². The molecule has 0 saturated carbocycles. The van der Waals surface area contributed by atoms with Crippen LogP contribution in [0.4, 0.5) is 0 Å². The van der Waals surface area contributed by atoms with Crippen LogP contribution in [-0.4, -0.2) is 38.4 Å². The zero-order valence-electron chi connectivity index (χ0n) is 14.7. The standard InChI is InChI=1S/C19H22N4O2/c1-12-9-16(17-13(2)22-23(3)18(17)21-12)19(25)20-11-15(24)10-14-7-5-4-6-8-14/h4-9,15,24H,10-11H2,1-3H3,(H,20,25). The highest BCUT2D eigenvalue weighted by Gasteiger charge is 2.18. The van der Waals surface area contributed by atoms with Gasteiger partial charge in [0.05, 0.1) is 22.7 Å². The Balaban J connectivity index is 1.74. The third-order valence-corrected chi connectivity index (χ3v) is 4.15. The van der Waals surface area contributed by atoms with E-state index in [1.807, 2.05) is 51.2 Å². The molecule has 3 rings (SSSR count). The lowest BCUT2D eigenvalue weighted by molar-refractivity contribution is 0.0917. The minimum absolute atomic E-state index is 0.190. The molecule has 0 fully saturated rings. The molecule has 2 aromatic heterocycles. The van der Waals surface area contributed by atoms with Gasteiger partial charge in [-0.3, -0.25) is 9.48 Å². The predicted molar refractivity (Wildman–Crippen MR) is 96.5 cm³/mol. The van der Waals surface area contributed by atoms with E-state index < -0.39 is 6.10 Å². The average molecular weight is 338 g/mol. The van der Waals surface area contributed by atoms with Gasteiger partial charge in [0.2, 0.25) is 0 Å². The summed E-state index contributed by atoms with van der Waals surface area (Å²) in [5.41, 5.74) is 3.78. The summed E-state index contributed by atoms with van der Waals surface area (Å²) in [5, 5.41) is 18.1. The van der Waals surface area contributed by atoms with Gasteiger partial charge in [0.15, 0.2) is 5.65 Å². The molecule has 1 atom stereocenters. The summed E-state index contributed by atoms with van der Waals surface area (Å²) in [6.07, 6.45) is -0.141. The van der Waals surface area contributed by atoms with E-state index in [2.05, 4.69) is 15.4 Å². The molecule has 0 bridgehead atoms. The molecule has 3 aromatic rings. The fourth-order valence-electron chi connectivity index (χ4n) is 3.01. The maximum Gasteiger partial charge on any atom is 0.252 e. The van der Waals surface area contributed by atoms with Crippen LogP contribution in [0.2, 0.25) is 0 Å². The van der Waals surface area contributed by atoms with Crippen LogP contribution >= 0.6 is 0 Å². The van der Waals surface area contributed by atoms with Crippen molar-refractivity contribution < 1.29 is 9.90 Å². The first kappa shape index (κ1) is 17.1. The molecule has 0 radical (unpaired) electrons. The first-order chi connectivity index (χ1) is 12.0. The SMILES string of the molecule is Cc1cc(C(=O)NCC(O)Cc2ccccc2)c2c(C)nn(C)c2n1. The molecule has 0 saturated heterocycles. The topological polar surface area (TPSA) is 80.0 Å². The Morgan fingerprint density at radius 2 is 2.00 bits per heavy atom. The van der Waals surface area contributed by atoms with E-state index in [4.69, 9.17) is 0 Å². The van der Waals surface area contributed by atoms with Crippen molar-refractivity contribution in [2.75, 3.05) is 6.54 Å². The Morgan fingerprint density at radius 1 is 1.28 bits per heavy atom. The maximum absolute atomic E-state index is 12.6. The number of amides is 1. The largest absolute Gasteiger partial charge is 0.391 e. The molecule has 1 aromatic carbocycles. The van der Waals surface area contributed by atoms with E-state index in [0.717, 1.165) is 22.3 Å². The number of nitrogens with one attached hydrogen (secondary N) is 1. The third-order valence-electron chi connectivity index (χ3n) is 4.15. The summed E-state index contributed by atoms with van der Waals surface area (Å²) in [5.74, 6) is -0.223. The van der Waals surface area contributed by atoms with E-state index in [9.17, 15) is 9.90 Å². The van der Waals surface area contributed by atoms with Crippen LogP contribution in [-0.2, 0) is 13.5 Å². The van der Waals surface area contributed by atoms with Gasteiger partial charge in [0, 0.05) is 25.7 Å². The number of aliphatic hydroxyl groups excluding tert-OH is 1. The highest BCUT2D eigenvalue weighted by Crippen LogP contribution is 2.21. The lowest BCUT2D eigenvalue weighted by atomic mass is 10.1. The Kier molecular flexibility index (Phi) is 4.81. The summed E-state index contributed by atoms with van der Waals surface area (Å²) >= 11 is 0. The van der Waals surface area contributed by atoms with Gasteiger partial charge >= 0.3 is 0 Å². The molecule has 1 unspecified atom stereocenters. The van der Waals surface area contributed by atoms with Crippen LogP contribution in [0.1, 0.15) is 27.3 Å². The summed E-state index contributed by atoms with van der Waals surface area (Å²) < 4.78 is 1.68. The van der Waals surface area contributed by atoms with Crippen molar-refractivity contribution in [3.05, 3.63) is 58.9 Å². The fraction of sp³-hybridized carbons (Fsp3) is 0.316. The number of carbonyl (C=O) groups excluding carboxylic acids is 1. The minimum atomic E-state index is -0.639. The quantitative estimate of drug-likeness (QED) is 0.745. The average Bonchev–Trinajstić information content (AvgIpc) is 2.87. The normalized spacial score (nSPS) is 12.3. The molecule has 25 heavy (non-hydrogen) atoms. The second-order valence-electron chi connectivity index (χ2n) is 6.27. The molecule has 2 heterocycles. The lowest BCUT2D eigenvalue weighted by Crippen LogP contribution is -2.33. The van der Waals surface area contributed by atoms with Crippen LogP contribution in [0.15, 0.2) is 36.4 Å². The molecule has 6 nitrogen and oxygen atoms in total. The van der Waals surface area contributed by atoms with E-state index >= 15 is 0 Å². The van der Waals surface area contributed by atoms with Crippen LogP contribution in [0, 0.1) is 13.8 Å². The monoisotopic (exact) mass is 338 g/mol. The zero-order chi connectivity index (χ0) is 18.0. The number of aliphatic hydroxyl groups is 1. The number of carbonyl (C=O) groups is 1. The number of nitrogens with zero attached hydrogens (tertiary/aromatic N) is 3. The number of hydrogen-bond donors (Lipinski definition) is 2. The number of fused-ring (bicyclic) bond motifs is 1. The van der Waals surface area contributed by atoms with Crippen LogP contribution in [0.3, 0.4) is 0 Å². The number of aromatic nitrogens is 3. The molecular formula is C19H22N4O2. The Labute approximate surface area is 146 Å². The molecule has 2 N–H and O–H groups in total. The van der Waals surface area contributed by atoms with Crippen molar-refractivity contribution in [3.63, 3.8) is 0 Å². The number of aryl methyl sites for hydroxylation is 3. The van der Waals surface area contributed by atoms with Crippen molar-refractivity contribution in [3.8, 4) is 0 Å². The highest BCUT2D eigenvalue weighted by atomic mass is 16.3. The van der Waals surface area contributed by atoms with E-state index in [1.54, 1.807) is 10.7 Å². The fourth-order valence-corrected chi connectivity index (χ4v) is 3.01. The van der Waals surface area contributed by atoms with Crippen LogP contribution < -0.4 is 5.32 Å². The molecule has 0 aliphatic rings. The predicted octanol–water partition coefficient (Wildman–Crippen LogP) is 1.92. The van der Waals surface area contributed by atoms with E-state index in [-0.39, 0.29) is 12.5 Å². The van der Waals surface area contributed by atoms with Crippen molar-refractivity contribution in [1.29, 1.82) is 0 Å². The van der Waals surface area contributed by atoms with Crippen LogP contribution in [0.5, 0.6) is 0 Å². The number of hydrogen-bond acceptors (Lipinski definition) is 4. The van der Waals surface area contributed by atoms with Crippen molar-refractivity contribution >= 4 is 16.9 Å². The van der Waals surface area contributed by atoms with Gasteiger partial charge in [0.25, 0.3) is 5.91 Å². The molecule has 0 aliphatic heterocycles. The number of rotatable bonds is 5. The summed E-state index contributed by atoms with van der Waals surface area (Å²) in [4.78, 5) is 17.1. The van der Waals surface area contributed by atoms with Gasteiger partial charge in [-0.2, -0.15) is 5.10 Å².